The minimum absolute atomic E-state index is 0.0162. The van der Waals surface area contributed by atoms with Gasteiger partial charge in [0.1, 0.15) is 12.4 Å². The Kier molecular flexibility index (Phi) is 7.68. The molecule has 0 spiro atoms. The molecule has 1 saturated heterocycles. The zero-order valence-electron chi connectivity index (χ0n) is 21.5. The van der Waals surface area contributed by atoms with E-state index in [0.29, 0.717) is 35.8 Å². The van der Waals surface area contributed by atoms with Gasteiger partial charge in [-0.25, -0.2) is 0 Å². The zero-order chi connectivity index (χ0) is 27.2. The van der Waals surface area contributed by atoms with Crippen LogP contribution in [0.4, 0.5) is 0 Å². The van der Waals surface area contributed by atoms with Crippen LogP contribution in [0.1, 0.15) is 35.2 Å². The summed E-state index contributed by atoms with van der Waals surface area (Å²) in [5, 5.41) is 11.3. The predicted molar refractivity (Wildman–Crippen MR) is 147 cm³/mol. The van der Waals surface area contributed by atoms with Gasteiger partial charge in [0.2, 0.25) is 0 Å². The lowest BCUT2D eigenvalue weighted by molar-refractivity contribution is -0.140. The van der Waals surface area contributed by atoms with Crippen molar-refractivity contribution >= 4 is 17.4 Å². The number of benzene rings is 3. The molecule has 39 heavy (non-hydrogen) atoms. The second-order valence-electron chi connectivity index (χ2n) is 9.06. The number of hydrogen-bond acceptors (Lipinski definition) is 6. The van der Waals surface area contributed by atoms with E-state index in [0.717, 1.165) is 11.1 Å². The molecule has 1 N–H and O–H groups in total. The van der Waals surface area contributed by atoms with E-state index in [1.807, 2.05) is 67.6 Å². The smallest absolute Gasteiger partial charge is 0.295 e. The summed E-state index contributed by atoms with van der Waals surface area (Å²) in [6, 6.07) is 27.0. The molecular weight excluding hydrogens is 492 g/mol. The lowest BCUT2D eigenvalue weighted by atomic mass is 9.95. The van der Waals surface area contributed by atoms with Crippen LogP contribution in [0.25, 0.3) is 5.76 Å². The molecule has 0 unspecified atom stereocenters. The lowest BCUT2D eigenvalue weighted by Gasteiger charge is -2.26. The second kappa shape index (κ2) is 11.6. The first-order valence-electron chi connectivity index (χ1n) is 12.7. The van der Waals surface area contributed by atoms with Crippen LogP contribution in [0.15, 0.2) is 109 Å². The maximum absolute atomic E-state index is 13.4. The molecule has 1 aliphatic heterocycles. The van der Waals surface area contributed by atoms with E-state index >= 15 is 0 Å². The molecule has 5 rings (SSSR count). The first-order chi connectivity index (χ1) is 19.1. The molecule has 1 fully saturated rings. The molecular formula is C32H28N2O5. The van der Waals surface area contributed by atoms with Crippen molar-refractivity contribution in [3.05, 3.63) is 131 Å². The minimum Gasteiger partial charge on any atom is -0.507 e. The van der Waals surface area contributed by atoms with Crippen molar-refractivity contribution in [2.75, 3.05) is 6.61 Å². The number of pyridine rings is 1. The first-order valence-corrected chi connectivity index (χ1v) is 12.7. The van der Waals surface area contributed by atoms with Gasteiger partial charge >= 0.3 is 0 Å². The predicted octanol–water partition coefficient (Wildman–Crippen LogP) is 5.68. The van der Waals surface area contributed by atoms with Gasteiger partial charge in [-0.05, 0) is 47.9 Å². The summed E-state index contributed by atoms with van der Waals surface area (Å²) in [6.45, 7) is 2.82. The second-order valence-corrected chi connectivity index (χ2v) is 9.06. The highest BCUT2D eigenvalue weighted by Gasteiger charge is 2.46. The molecule has 4 aromatic rings. The fourth-order valence-electron chi connectivity index (χ4n) is 4.65. The van der Waals surface area contributed by atoms with Crippen LogP contribution in [0.2, 0.25) is 0 Å². The van der Waals surface area contributed by atoms with Crippen molar-refractivity contribution in [1.29, 1.82) is 0 Å². The number of likely N-dealkylation sites (tertiary alicyclic amines) is 1. The summed E-state index contributed by atoms with van der Waals surface area (Å²) in [5.41, 5.74) is 2.91. The number of ketones is 1. The minimum atomic E-state index is -0.833. The molecule has 1 amide bonds. The monoisotopic (exact) mass is 520 g/mol. The zero-order valence-corrected chi connectivity index (χ0v) is 21.5. The van der Waals surface area contributed by atoms with Crippen LogP contribution in [0.3, 0.4) is 0 Å². The number of hydrogen-bond donors (Lipinski definition) is 1. The van der Waals surface area contributed by atoms with Gasteiger partial charge < -0.3 is 19.5 Å². The maximum atomic E-state index is 13.4. The Hall–Kier alpha value is -4.91. The number of ether oxygens (including phenoxy) is 2. The van der Waals surface area contributed by atoms with E-state index in [2.05, 4.69) is 4.98 Å². The molecule has 7 heteroatoms. The van der Waals surface area contributed by atoms with Gasteiger partial charge in [0, 0.05) is 24.5 Å². The topological polar surface area (TPSA) is 89.0 Å². The third-order valence-corrected chi connectivity index (χ3v) is 6.51. The Morgan fingerprint density at radius 2 is 1.51 bits per heavy atom. The van der Waals surface area contributed by atoms with Crippen molar-refractivity contribution in [3.63, 3.8) is 0 Å². The quantitative estimate of drug-likeness (QED) is 0.174. The van der Waals surface area contributed by atoms with Crippen LogP contribution in [-0.2, 0) is 22.7 Å². The van der Waals surface area contributed by atoms with Crippen LogP contribution >= 0.6 is 0 Å². The summed E-state index contributed by atoms with van der Waals surface area (Å²) < 4.78 is 12.0. The summed E-state index contributed by atoms with van der Waals surface area (Å²) >= 11 is 0. The SMILES string of the molecule is CCOc1cc([C@H]2/C(=C(\O)c3ccncc3)C(=O)C(=O)N2Cc2ccccc2)ccc1OCc1ccccc1. The lowest BCUT2D eigenvalue weighted by Crippen LogP contribution is -2.29. The van der Waals surface area contributed by atoms with Gasteiger partial charge in [-0.3, -0.25) is 14.6 Å². The number of rotatable bonds is 9. The molecule has 0 aliphatic carbocycles. The standard InChI is InChI=1S/C32H28N2O5/c1-2-38-27-19-25(13-14-26(27)39-21-23-11-7-4-8-12-23)29-28(30(35)24-15-17-33-18-16-24)31(36)32(37)34(29)20-22-9-5-3-6-10-22/h3-19,29,35H,2,20-21H2,1H3/b30-28+/t29-/m0/s1. The van der Waals surface area contributed by atoms with Gasteiger partial charge in [0.25, 0.3) is 11.7 Å². The molecule has 1 atom stereocenters. The van der Waals surface area contributed by atoms with Crippen LogP contribution < -0.4 is 9.47 Å². The number of aliphatic hydroxyl groups excluding tert-OH is 1. The number of amides is 1. The maximum Gasteiger partial charge on any atom is 0.295 e. The van der Waals surface area contributed by atoms with Gasteiger partial charge in [-0.1, -0.05) is 66.7 Å². The third kappa shape index (κ3) is 5.52. The molecule has 0 bridgehead atoms. The van der Waals surface area contributed by atoms with Gasteiger partial charge in [0.05, 0.1) is 18.2 Å². The summed E-state index contributed by atoms with van der Waals surface area (Å²) in [5.74, 6) is -0.646. The van der Waals surface area contributed by atoms with E-state index < -0.39 is 17.7 Å². The third-order valence-electron chi connectivity index (χ3n) is 6.51. The van der Waals surface area contributed by atoms with E-state index in [1.165, 1.54) is 17.3 Å². The van der Waals surface area contributed by atoms with Crippen LogP contribution in [0.5, 0.6) is 11.5 Å². The Labute approximate surface area is 227 Å². The summed E-state index contributed by atoms with van der Waals surface area (Å²) in [6.07, 6.45) is 3.05. The molecule has 0 radical (unpaired) electrons. The Bertz CT molecular complexity index is 1490. The van der Waals surface area contributed by atoms with Crippen molar-refractivity contribution < 1.29 is 24.2 Å². The summed E-state index contributed by atoms with van der Waals surface area (Å²) in [7, 11) is 0. The molecule has 7 nitrogen and oxygen atoms in total. The Morgan fingerprint density at radius 1 is 0.846 bits per heavy atom. The van der Waals surface area contributed by atoms with Gasteiger partial charge in [-0.2, -0.15) is 0 Å². The number of aliphatic hydroxyl groups is 1. The van der Waals surface area contributed by atoms with Gasteiger partial charge in [-0.15, -0.1) is 0 Å². The largest absolute Gasteiger partial charge is 0.507 e. The van der Waals surface area contributed by atoms with Crippen molar-refractivity contribution in [1.82, 2.24) is 9.88 Å². The molecule has 3 aromatic carbocycles. The van der Waals surface area contributed by atoms with E-state index in [4.69, 9.17) is 9.47 Å². The molecule has 2 heterocycles. The van der Waals surface area contributed by atoms with E-state index in [1.54, 1.807) is 30.3 Å². The van der Waals surface area contributed by atoms with Crippen LogP contribution in [0, 0.1) is 0 Å². The number of carbonyl (C=O) groups is 2. The van der Waals surface area contributed by atoms with E-state index in [-0.39, 0.29) is 17.9 Å². The van der Waals surface area contributed by atoms with Crippen molar-refractivity contribution in [2.45, 2.75) is 26.1 Å². The average Bonchev–Trinajstić information content (AvgIpc) is 3.22. The number of aromatic nitrogens is 1. The van der Waals surface area contributed by atoms with E-state index in [9.17, 15) is 14.7 Å². The number of nitrogens with zero attached hydrogens (tertiary/aromatic N) is 2. The Morgan fingerprint density at radius 3 is 2.18 bits per heavy atom. The van der Waals surface area contributed by atoms with Crippen molar-refractivity contribution in [3.8, 4) is 11.5 Å². The normalized spacial score (nSPS) is 16.3. The number of carbonyl (C=O) groups excluding carboxylic acids is 2. The highest BCUT2D eigenvalue weighted by molar-refractivity contribution is 6.46. The molecule has 1 aliphatic rings. The highest BCUT2D eigenvalue weighted by atomic mass is 16.5. The average molecular weight is 521 g/mol. The fraction of sp³-hybridized carbons (Fsp3) is 0.156. The molecule has 196 valence electrons. The van der Waals surface area contributed by atoms with Gasteiger partial charge in [0.15, 0.2) is 11.5 Å². The summed E-state index contributed by atoms with van der Waals surface area (Å²) in [4.78, 5) is 32.2. The molecule has 0 saturated carbocycles. The molecule has 1 aromatic heterocycles. The first kappa shape index (κ1) is 25.7. The number of Topliss-reactive ketones (excluding diaryl/α,β-unsaturated/α-hetero) is 1. The van der Waals surface area contributed by atoms with Crippen molar-refractivity contribution in [2.24, 2.45) is 0 Å². The fourth-order valence-corrected chi connectivity index (χ4v) is 4.65. The highest BCUT2D eigenvalue weighted by Crippen LogP contribution is 2.42. The Balaban J connectivity index is 1.58. The van der Waals surface area contributed by atoms with Crippen LogP contribution in [-0.4, -0.2) is 33.3 Å².